The number of halogens is 1. The number of nitrogens with zero attached hydrogens (tertiary/aromatic N) is 3. The van der Waals surface area contributed by atoms with E-state index < -0.39 is 16.6 Å². The molecule has 0 unspecified atom stereocenters. The van der Waals surface area contributed by atoms with Crippen molar-refractivity contribution < 1.29 is 14.5 Å². The summed E-state index contributed by atoms with van der Waals surface area (Å²) in [6, 6.07) is 0. The summed E-state index contributed by atoms with van der Waals surface area (Å²) in [5, 5.41) is 12.8. The minimum Gasteiger partial charge on any atom is -0.468 e. The monoisotopic (exact) mass is 246 g/mol. The van der Waals surface area contributed by atoms with Gasteiger partial charge in [-0.05, 0) is 0 Å². The molecule has 0 atom stereocenters. The summed E-state index contributed by atoms with van der Waals surface area (Å²) in [7, 11) is 1.20. The molecule has 0 radical (unpaired) electrons. The molecule has 8 nitrogen and oxygen atoms in total. The Labute approximate surface area is 94.7 Å². The molecule has 9 heteroatoms. The van der Waals surface area contributed by atoms with Crippen molar-refractivity contribution in [2.24, 2.45) is 0 Å². The van der Waals surface area contributed by atoms with Gasteiger partial charge < -0.3 is 10.1 Å². The van der Waals surface area contributed by atoms with E-state index in [-0.39, 0.29) is 17.5 Å². The van der Waals surface area contributed by atoms with Crippen molar-refractivity contribution in [1.82, 2.24) is 9.97 Å². The van der Waals surface area contributed by atoms with Gasteiger partial charge in [0.15, 0.2) is 0 Å². The molecular weight excluding hydrogens is 240 g/mol. The Morgan fingerprint density at radius 1 is 1.69 bits per heavy atom. The van der Waals surface area contributed by atoms with E-state index >= 15 is 0 Å². The molecule has 0 amide bonds. The highest BCUT2D eigenvalue weighted by Gasteiger charge is 2.21. The molecular formula is C7H7ClN4O4. The summed E-state index contributed by atoms with van der Waals surface area (Å²) in [5.74, 6) is -0.709. The Morgan fingerprint density at radius 2 is 2.38 bits per heavy atom. The van der Waals surface area contributed by atoms with E-state index in [1.807, 2.05) is 0 Å². The van der Waals surface area contributed by atoms with Crippen molar-refractivity contribution in [2.75, 3.05) is 19.0 Å². The second kappa shape index (κ2) is 5.21. The molecule has 0 fully saturated rings. The number of esters is 1. The Kier molecular flexibility index (Phi) is 3.95. The normalized spacial score (nSPS) is 9.62. The van der Waals surface area contributed by atoms with E-state index in [0.717, 1.165) is 6.33 Å². The van der Waals surface area contributed by atoms with Crippen molar-refractivity contribution in [1.29, 1.82) is 0 Å². The first-order chi connectivity index (χ1) is 7.56. The lowest BCUT2D eigenvalue weighted by Crippen LogP contribution is -2.16. The number of anilines is 1. The summed E-state index contributed by atoms with van der Waals surface area (Å²) < 4.78 is 4.35. The van der Waals surface area contributed by atoms with E-state index in [9.17, 15) is 14.9 Å². The molecule has 0 aromatic carbocycles. The van der Waals surface area contributed by atoms with Gasteiger partial charge in [0, 0.05) is 0 Å². The molecule has 0 saturated carbocycles. The number of nitrogens with one attached hydrogen (secondary N) is 1. The van der Waals surface area contributed by atoms with Crippen LogP contribution in [0, 0.1) is 10.1 Å². The van der Waals surface area contributed by atoms with Crippen LogP contribution in [0.2, 0.25) is 5.15 Å². The third kappa shape index (κ3) is 2.76. The summed E-state index contributed by atoms with van der Waals surface area (Å²) in [5.41, 5.74) is -0.479. The number of ether oxygens (including phenoxy) is 1. The van der Waals surface area contributed by atoms with Crippen LogP contribution in [0.1, 0.15) is 0 Å². The highest BCUT2D eigenvalue weighted by atomic mass is 35.5. The molecule has 1 heterocycles. The molecule has 1 rings (SSSR count). The summed E-state index contributed by atoms with van der Waals surface area (Å²) in [4.78, 5) is 27.8. The van der Waals surface area contributed by atoms with Gasteiger partial charge in [0.1, 0.15) is 12.9 Å². The van der Waals surface area contributed by atoms with Crippen molar-refractivity contribution in [3.63, 3.8) is 0 Å². The lowest BCUT2D eigenvalue weighted by molar-refractivity contribution is -0.384. The molecule has 16 heavy (non-hydrogen) atoms. The second-order valence-electron chi connectivity index (χ2n) is 2.55. The van der Waals surface area contributed by atoms with Crippen LogP contribution < -0.4 is 5.32 Å². The number of carbonyl (C=O) groups is 1. The Balaban J connectivity index is 2.91. The van der Waals surface area contributed by atoms with E-state index in [4.69, 9.17) is 11.6 Å². The van der Waals surface area contributed by atoms with E-state index in [2.05, 4.69) is 20.0 Å². The lowest BCUT2D eigenvalue weighted by atomic mass is 10.4. The Bertz CT molecular complexity index is 425. The lowest BCUT2D eigenvalue weighted by Gasteiger charge is -2.04. The predicted octanol–water partition coefficient (Wildman–Crippen LogP) is 0.623. The SMILES string of the molecule is COC(=O)CNc1ncnc(Cl)c1[N+](=O)[O-]. The van der Waals surface area contributed by atoms with Crippen LogP contribution in [0.4, 0.5) is 11.5 Å². The zero-order chi connectivity index (χ0) is 12.1. The standard InChI is InChI=1S/C7H7ClN4O4/c1-16-4(13)2-9-7-5(12(14)15)6(8)10-3-11-7/h3H,2H2,1H3,(H,9,10,11). The average molecular weight is 247 g/mol. The molecule has 0 aliphatic rings. The van der Waals surface area contributed by atoms with Crippen LogP contribution in [-0.4, -0.2) is 34.5 Å². The quantitative estimate of drug-likeness (QED) is 0.359. The molecule has 0 saturated heterocycles. The molecule has 0 aliphatic carbocycles. The summed E-state index contributed by atoms with van der Waals surface area (Å²) in [6.07, 6.45) is 1.05. The molecule has 1 aromatic heterocycles. The van der Waals surface area contributed by atoms with Crippen molar-refractivity contribution >= 4 is 29.1 Å². The predicted molar refractivity (Wildman–Crippen MR) is 54.2 cm³/mol. The number of rotatable bonds is 4. The topological polar surface area (TPSA) is 107 Å². The van der Waals surface area contributed by atoms with E-state index in [0.29, 0.717) is 0 Å². The minimum absolute atomic E-state index is 0.129. The van der Waals surface area contributed by atoms with Gasteiger partial charge in [-0.15, -0.1) is 0 Å². The van der Waals surface area contributed by atoms with Gasteiger partial charge in [0.05, 0.1) is 12.0 Å². The highest BCUT2D eigenvalue weighted by Crippen LogP contribution is 2.27. The number of carbonyl (C=O) groups excluding carboxylic acids is 1. The number of hydrogen-bond acceptors (Lipinski definition) is 7. The molecule has 86 valence electrons. The molecule has 0 spiro atoms. The number of aromatic nitrogens is 2. The van der Waals surface area contributed by atoms with Crippen LogP contribution in [-0.2, 0) is 9.53 Å². The van der Waals surface area contributed by atoms with Crippen LogP contribution in [0.15, 0.2) is 6.33 Å². The number of nitro groups is 1. The maximum Gasteiger partial charge on any atom is 0.348 e. The first-order valence-corrected chi connectivity index (χ1v) is 4.39. The largest absolute Gasteiger partial charge is 0.468 e. The fourth-order valence-corrected chi connectivity index (χ4v) is 1.08. The molecule has 1 N–H and O–H groups in total. The van der Waals surface area contributed by atoms with Crippen LogP contribution >= 0.6 is 11.6 Å². The minimum atomic E-state index is -0.734. The molecule has 0 aliphatic heterocycles. The molecule has 1 aromatic rings. The highest BCUT2D eigenvalue weighted by molar-refractivity contribution is 6.31. The number of hydrogen-bond donors (Lipinski definition) is 1. The smallest absolute Gasteiger partial charge is 0.348 e. The van der Waals surface area contributed by atoms with Crippen molar-refractivity contribution in [2.45, 2.75) is 0 Å². The first kappa shape index (κ1) is 12.1. The summed E-state index contributed by atoms with van der Waals surface area (Å²) >= 11 is 5.52. The van der Waals surface area contributed by atoms with Gasteiger partial charge in [-0.2, -0.15) is 0 Å². The van der Waals surface area contributed by atoms with Crippen LogP contribution in [0.3, 0.4) is 0 Å². The third-order valence-corrected chi connectivity index (χ3v) is 1.86. The third-order valence-electron chi connectivity index (χ3n) is 1.59. The van der Waals surface area contributed by atoms with Crippen LogP contribution in [0.5, 0.6) is 0 Å². The summed E-state index contributed by atoms with van der Waals surface area (Å²) in [6.45, 7) is -0.245. The maximum atomic E-state index is 10.8. The zero-order valence-corrected chi connectivity index (χ0v) is 8.89. The van der Waals surface area contributed by atoms with Crippen molar-refractivity contribution in [3.05, 3.63) is 21.6 Å². The van der Waals surface area contributed by atoms with E-state index in [1.54, 1.807) is 0 Å². The van der Waals surface area contributed by atoms with Crippen LogP contribution in [0.25, 0.3) is 0 Å². The van der Waals surface area contributed by atoms with E-state index in [1.165, 1.54) is 7.11 Å². The fraction of sp³-hybridized carbons (Fsp3) is 0.286. The Hall–Kier alpha value is -1.96. The fourth-order valence-electron chi connectivity index (χ4n) is 0.877. The maximum absolute atomic E-state index is 10.8. The van der Waals surface area contributed by atoms with Gasteiger partial charge in [0.2, 0.25) is 11.0 Å². The van der Waals surface area contributed by atoms with Crippen molar-refractivity contribution in [3.8, 4) is 0 Å². The Morgan fingerprint density at radius 3 is 2.94 bits per heavy atom. The van der Waals surface area contributed by atoms with Gasteiger partial charge in [-0.1, -0.05) is 11.6 Å². The number of methoxy groups -OCH3 is 1. The average Bonchev–Trinajstić information content (AvgIpc) is 2.25. The second-order valence-corrected chi connectivity index (χ2v) is 2.91. The van der Waals surface area contributed by atoms with Gasteiger partial charge in [-0.25, -0.2) is 9.97 Å². The van der Waals surface area contributed by atoms with Gasteiger partial charge in [-0.3, -0.25) is 14.9 Å². The molecule has 0 bridgehead atoms. The van der Waals surface area contributed by atoms with Gasteiger partial charge in [0.25, 0.3) is 0 Å². The zero-order valence-electron chi connectivity index (χ0n) is 8.14. The van der Waals surface area contributed by atoms with Gasteiger partial charge >= 0.3 is 11.7 Å². The first-order valence-electron chi connectivity index (χ1n) is 4.01.